The van der Waals surface area contributed by atoms with Crippen LogP contribution in [0.2, 0.25) is 0 Å². The van der Waals surface area contributed by atoms with E-state index >= 15 is 0 Å². The Morgan fingerprint density at radius 1 is 0.479 bits per heavy atom. The molecule has 11 rings (SSSR count). The van der Waals surface area contributed by atoms with Crippen molar-refractivity contribution in [1.82, 2.24) is 9.38 Å². The first-order chi connectivity index (χ1) is 23.6. The van der Waals surface area contributed by atoms with Crippen LogP contribution in [0.5, 0.6) is 0 Å². The molecule has 0 atom stereocenters. The van der Waals surface area contributed by atoms with Crippen LogP contribution in [0.1, 0.15) is 25.0 Å². The van der Waals surface area contributed by atoms with Crippen LogP contribution in [0.25, 0.3) is 93.2 Å². The van der Waals surface area contributed by atoms with Gasteiger partial charge in [0.1, 0.15) is 0 Å². The third kappa shape index (κ3) is 3.24. The van der Waals surface area contributed by atoms with Crippen LogP contribution < -0.4 is 0 Å². The average molecular weight is 611 g/mol. The van der Waals surface area contributed by atoms with Crippen LogP contribution in [-0.2, 0) is 5.41 Å². The van der Waals surface area contributed by atoms with E-state index in [1.165, 1.54) is 93.0 Å². The van der Waals surface area contributed by atoms with E-state index < -0.39 is 0 Å². The van der Waals surface area contributed by atoms with E-state index in [0.29, 0.717) is 0 Å². The maximum atomic E-state index is 4.61. The van der Waals surface area contributed by atoms with E-state index in [-0.39, 0.29) is 5.41 Å². The summed E-state index contributed by atoms with van der Waals surface area (Å²) in [5.41, 5.74) is 13.9. The number of benzene rings is 7. The van der Waals surface area contributed by atoms with Gasteiger partial charge in [-0.05, 0) is 97.4 Å². The summed E-state index contributed by atoms with van der Waals surface area (Å²) < 4.78 is 2.46. The zero-order valence-electron chi connectivity index (χ0n) is 26.8. The largest absolute Gasteiger partial charge is 0.308 e. The molecule has 7 aromatic carbocycles. The molecule has 0 N–H and O–H groups in total. The van der Waals surface area contributed by atoms with Gasteiger partial charge in [0, 0.05) is 38.7 Å². The fourth-order valence-electron chi connectivity index (χ4n) is 9.02. The van der Waals surface area contributed by atoms with Gasteiger partial charge in [-0.3, -0.25) is 4.98 Å². The van der Waals surface area contributed by atoms with E-state index in [1.807, 2.05) is 12.3 Å². The van der Waals surface area contributed by atoms with Crippen LogP contribution >= 0.6 is 0 Å². The summed E-state index contributed by atoms with van der Waals surface area (Å²) in [7, 11) is 0. The quantitative estimate of drug-likeness (QED) is 0.178. The number of aromatic nitrogens is 2. The zero-order chi connectivity index (χ0) is 31.7. The van der Waals surface area contributed by atoms with Crippen LogP contribution in [0, 0.1) is 0 Å². The summed E-state index contributed by atoms with van der Waals surface area (Å²) in [6.07, 6.45) is 1.86. The summed E-state index contributed by atoms with van der Waals surface area (Å²) in [5.74, 6) is 0. The molecular formula is C46H30N2. The SMILES string of the molecule is CC1(C)c2cc(-c3ccc4c(c3)c3cccc5c6cc(-c7ccccn7)ccc6n4c35)ccc2-c2c1c1ccccc1c1ccccc21. The highest BCUT2D eigenvalue weighted by Gasteiger charge is 2.38. The highest BCUT2D eigenvalue weighted by molar-refractivity contribution is 6.24. The standard InChI is InChI=1S/C46H30N2/c1-46(2)39-26-28(17-20-36(39)43-32-12-5-3-10-30(32)31-11-4-6-13-33(31)44(43)46)27-18-21-41-37(24-27)34-14-9-15-35-38-25-29(40-16-7-8-23-47-40)19-22-42(38)48(41)45(34)35/h3-26H,1-2H3. The molecule has 224 valence electrons. The fraction of sp³-hybridized carbons (Fsp3) is 0.0652. The monoisotopic (exact) mass is 610 g/mol. The number of fused-ring (bicyclic) bond motifs is 14. The average Bonchev–Trinajstić information content (AvgIpc) is 3.74. The molecule has 10 aromatic rings. The highest BCUT2D eigenvalue weighted by Crippen LogP contribution is 2.55. The van der Waals surface area contributed by atoms with Crippen molar-refractivity contribution >= 4 is 59.6 Å². The normalized spacial score (nSPS) is 13.8. The zero-order valence-corrected chi connectivity index (χ0v) is 26.8. The number of nitrogens with zero attached hydrogens (tertiary/aromatic N) is 2. The minimum Gasteiger partial charge on any atom is -0.308 e. The molecular weight excluding hydrogens is 581 g/mol. The maximum Gasteiger partial charge on any atom is 0.0702 e. The second-order valence-corrected chi connectivity index (χ2v) is 13.9. The Morgan fingerprint density at radius 3 is 1.79 bits per heavy atom. The van der Waals surface area contributed by atoms with Crippen molar-refractivity contribution in [1.29, 1.82) is 0 Å². The number of pyridine rings is 1. The maximum absolute atomic E-state index is 4.61. The number of hydrogen-bond donors (Lipinski definition) is 0. The van der Waals surface area contributed by atoms with Crippen LogP contribution in [0.15, 0.2) is 146 Å². The Labute approximate surface area is 277 Å². The molecule has 1 aliphatic rings. The molecule has 3 aromatic heterocycles. The van der Waals surface area contributed by atoms with Gasteiger partial charge < -0.3 is 4.40 Å². The van der Waals surface area contributed by atoms with Gasteiger partial charge in [-0.25, -0.2) is 0 Å². The molecule has 0 unspecified atom stereocenters. The first-order valence-electron chi connectivity index (χ1n) is 16.8. The molecule has 0 fully saturated rings. The van der Waals surface area contributed by atoms with Crippen molar-refractivity contribution in [2.75, 3.05) is 0 Å². The molecule has 0 saturated carbocycles. The van der Waals surface area contributed by atoms with Gasteiger partial charge in [-0.15, -0.1) is 0 Å². The smallest absolute Gasteiger partial charge is 0.0702 e. The molecule has 48 heavy (non-hydrogen) atoms. The fourth-order valence-corrected chi connectivity index (χ4v) is 9.02. The van der Waals surface area contributed by atoms with Crippen molar-refractivity contribution in [3.05, 3.63) is 157 Å². The number of para-hydroxylation sites is 1. The Balaban J connectivity index is 1.11. The van der Waals surface area contributed by atoms with Gasteiger partial charge in [-0.1, -0.05) is 111 Å². The molecule has 0 saturated heterocycles. The Bertz CT molecular complexity index is 2960. The summed E-state index contributed by atoms with van der Waals surface area (Å²) in [6.45, 7) is 4.81. The number of hydrogen-bond acceptors (Lipinski definition) is 1. The van der Waals surface area contributed by atoms with Crippen molar-refractivity contribution in [2.45, 2.75) is 19.3 Å². The molecule has 0 aliphatic heterocycles. The molecule has 0 radical (unpaired) electrons. The second kappa shape index (κ2) is 9.08. The molecule has 0 amide bonds. The van der Waals surface area contributed by atoms with Crippen LogP contribution in [0.4, 0.5) is 0 Å². The van der Waals surface area contributed by atoms with E-state index in [4.69, 9.17) is 0 Å². The lowest BCUT2D eigenvalue weighted by atomic mass is 9.79. The van der Waals surface area contributed by atoms with E-state index in [0.717, 1.165) is 11.3 Å². The Morgan fingerprint density at radius 2 is 1.06 bits per heavy atom. The number of rotatable bonds is 2. The van der Waals surface area contributed by atoms with E-state index in [9.17, 15) is 0 Å². The van der Waals surface area contributed by atoms with Crippen molar-refractivity contribution in [2.24, 2.45) is 0 Å². The summed E-state index contributed by atoms with van der Waals surface area (Å²) >= 11 is 0. The third-order valence-electron chi connectivity index (χ3n) is 11.1. The van der Waals surface area contributed by atoms with Gasteiger partial charge in [-0.2, -0.15) is 0 Å². The summed E-state index contributed by atoms with van der Waals surface area (Å²) in [5, 5.41) is 10.5. The topological polar surface area (TPSA) is 17.3 Å². The second-order valence-electron chi connectivity index (χ2n) is 13.9. The minimum atomic E-state index is -0.127. The van der Waals surface area contributed by atoms with Crippen molar-refractivity contribution in [3.8, 4) is 33.5 Å². The Kier molecular flexibility index (Phi) is 4.94. The summed E-state index contributed by atoms with van der Waals surface area (Å²) in [4.78, 5) is 4.61. The lowest BCUT2D eigenvalue weighted by molar-refractivity contribution is 0.667. The van der Waals surface area contributed by atoms with Gasteiger partial charge in [0.05, 0.1) is 22.2 Å². The van der Waals surface area contributed by atoms with Crippen molar-refractivity contribution < 1.29 is 0 Å². The van der Waals surface area contributed by atoms with Gasteiger partial charge in [0.2, 0.25) is 0 Å². The molecule has 3 heterocycles. The van der Waals surface area contributed by atoms with Gasteiger partial charge in [0.25, 0.3) is 0 Å². The highest BCUT2D eigenvalue weighted by atomic mass is 14.9. The Hall–Kier alpha value is -5.99. The van der Waals surface area contributed by atoms with E-state index in [1.54, 1.807) is 0 Å². The first kappa shape index (κ1) is 26.1. The molecule has 0 bridgehead atoms. The van der Waals surface area contributed by atoms with Gasteiger partial charge in [0.15, 0.2) is 0 Å². The van der Waals surface area contributed by atoms with Crippen molar-refractivity contribution in [3.63, 3.8) is 0 Å². The molecule has 1 aliphatic carbocycles. The van der Waals surface area contributed by atoms with Crippen LogP contribution in [0.3, 0.4) is 0 Å². The predicted molar refractivity (Wildman–Crippen MR) is 202 cm³/mol. The van der Waals surface area contributed by atoms with Crippen LogP contribution in [-0.4, -0.2) is 9.38 Å². The lowest BCUT2D eigenvalue weighted by Crippen LogP contribution is -2.15. The molecule has 2 heteroatoms. The third-order valence-corrected chi connectivity index (χ3v) is 11.1. The first-order valence-corrected chi connectivity index (χ1v) is 16.8. The molecule has 2 nitrogen and oxygen atoms in total. The minimum absolute atomic E-state index is 0.127. The summed E-state index contributed by atoms with van der Waals surface area (Å²) in [6, 6.07) is 51.7. The molecule has 0 spiro atoms. The van der Waals surface area contributed by atoms with E-state index in [2.05, 4.69) is 157 Å². The van der Waals surface area contributed by atoms with Gasteiger partial charge >= 0.3 is 0 Å². The predicted octanol–water partition coefficient (Wildman–Crippen LogP) is 12.2. The lowest BCUT2D eigenvalue weighted by Gasteiger charge is -2.24.